The van der Waals surface area contributed by atoms with Crippen molar-refractivity contribution in [2.75, 3.05) is 18.5 Å². The zero-order valence-electron chi connectivity index (χ0n) is 10.0. The molecule has 0 bridgehead atoms. The van der Waals surface area contributed by atoms with Crippen molar-refractivity contribution in [1.29, 1.82) is 5.26 Å². The molecule has 1 heterocycles. The zero-order chi connectivity index (χ0) is 12.6. The monoisotopic (exact) mass is 242 g/mol. The number of anilines is 1. The van der Waals surface area contributed by atoms with Gasteiger partial charge in [0.2, 0.25) is 5.91 Å². The fourth-order valence-electron chi connectivity index (χ4n) is 2.45. The highest BCUT2D eigenvalue weighted by Crippen LogP contribution is 2.30. The van der Waals surface area contributed by atoms with Gasteiger partial charge >= 0.3 is 0 Å². The summed E-state index contributed by atoms with van der Waals surface area (Å²) in [5.41, 5.74) is 2.47. The van der Waals surface area contributed by atoms with E-state index in [0.29, 0.717) is 0 Å². The number of carbonyl (C=O) groups excluding carboxylic acids is 1. The lowest BCUT2D eigenvalue weighted by atomic mass is 9.87. The number of ether oxygens (including phenoxy) is 1. The Kier molecular flexibility index (Phi) is 2.57. The van der Waals surface area contributed by atoms with Crippen molar-refractivity contribution in [3.63, 3.8) is 0 Å². The van der Waals surface area contributed by atoms with E-state index in [0.717, 1.165) is 18.5 Å². The van der Waals surface area contributed by atoms with Crippen LogP contribution >= 0.6 is 0 Å². The summed E-state index contributed by atoms with van der Waals surface area (Å²) in [5.74, 6) is -0.255. The van der Waals surface area contributed by atoms with Gasteiger partial charge in [0.15, 0.2) is 5.41 Å². The number of hydrogen-bond acceptors (Lipinski definition) is 3. The predicted octanol–water partition coefficient (Wildman–Crippen LogP) is 1.65. The maximum atomic E-state index is 12.0. The van der Waals surface area contributed by atoms with Gasteiger partial charge in [-0.3, -0.25) is 4.79 Å². The maximum absolute atomic E-state index is 12.0. The molecule has 4 nitrogen and oxygen atoms in total. The van der Waals surface area contributed by atoms with Crippen LogP contribution in [0.1, 0.15) is 17.5 Å². The van der Waals surface area contributed by atoms with Gasteiger partial charge in [-0.15, -0.1) is 0 Å². The average molecular weight is 242 g/mol. The molecular weight excluding hydrogens is 228 g/mol. The van der Waals surface area contributed by atoms with Crippen LogP contribution in [0.5, 0.6) is 0 Å². The molecule has 0 saturated carbocycles. The molecule has 1 aliphatic heterocycles. The Morgan fingerprint density at radius 2 is 2.11 bits per heavy atom. The number of fused-ring (bicyclic) bond motifs is 1. The summed E-state index contributed by atoms with van der Waals surface area (Å²) in [6, 6.07) is 8.04. The third kappa shape index (κ3) is 1.68. The van der Waals surface area contributed by atoms with E-state index in [1.54, 1.807) is 0 Å². The highest BCUT2D eigenvalue weighted by atomic mass is 16.5. The van der Waals surface area contributed by atoms with Crippen LogP contribution < -0.4 is 5.32 Å². The first-order valence-electron chi connectivity index (χ1n) is 6.16. The standard InChI is InChI=1S/C14H14N2O2/c15-7-14(8-18-9-14)13(17)16-12-5-4-10-2-1-3-11(10)6-12/h4-6H,1-3,8-9H2,(H,16,17). The largest absolute Gasteiger partial charge is 0.377 e. The second-order valence-electron chi connectivity index (χ2n) is 4.98. The van der Waals surface area contributed by atoms with Crippen LogP contribution in [0.4, 0.5) is 5.69 Å². The summed E-state index contributed by atoms with van der Waals surface area (Å²) >= 11 is 0. The normalized spacial score (nSPS) is 19.5. The van der Waals surface area contributed by atoms with Crippen LogP contribution in [0.15, 0.2) is 18.2 Å². The Morgan fingerprint density at radius 3 is 2.78 bits per heavy atom. The summed E-state index contributed by atoms with van der Waals surface area (Å²) in [7, 11) is 0. The molecule has 18 heavy (non-hydrogen) atoms. The van der Waals surface area contributed by atoms with E-state index in [1.807, 2.05) is 12.1 Å². The highest BCUT2D eigenvalue weighted by molar-refractivity contribution is 5.98. The van der Waals surface area contributed by atoms with E-state index in [1.165, 1.54) is 17.5 Å². The van der Waals surface area contributed by atoms with Crippen LogP contribution in [0, 0.1) is 16.7 Å². The lowest BCUT2D eigenvalue weighted by molar-refractivity contribution is -0.144. The minimum atomic E-state index is -0.987. The fourth-order valence-corrected chi connectivity index (χ4v) is 2.45. The van der Waals surface area contributed by atoms with Gasteiger partial charge in [0.25, 0.3) is 0 Å². The molecule has 3 rings (SSSR count). The molecule has 0 spiro atoms. The molecule has 0 unspecified atom stereocenters. The Balaban J connectivity index is 1.77. The van der Waals surface area contributed by atoms with Gasteiger partial charge < -0.3 is 10.1 Å². The molecule has 1 aromatic carbocycles. The van der Waals surface area contributed by atoms with Crippen molar-refractivity contribution in [2.45, 2.75) is 19.3 Å². The summed E-state index contributed by atoms with van der Waals surface area (Å²) in [6.07, 6.45) is 3.38. The third-order valence-electron chi connectivity index (χ3n) is 3.70. The number of hydrogen-bond donors (Lipinski definition) is 1. The first-order chi connectivity index (χ1) is 8.73. The Labute approximate surface area is 106 Å². The second-order valence-corrected chi connectivity index (χ2v) is 4.98. The van der Waals surface area contributed by atoms with Gasteiger partial charge in [0.1, 0.15) is 0 Å². The van der Waals surface area contributed by atoms with E-state index < -0.39 is 5.41 Å². The number of nitrogens with zero attached hydrogens (tertiary/aromatic N) is 1. The summed E-state index contributed by atoms with van der Waals surface area (Å²) < 4.78 is 4.98. The molecule has 0 radical (unpaired) electrons. The Hall–Kier alpha value is -1.86. The third-order valence-corrected chi connectivity index (χ3v) is 3.70. The molecule has 1 N–H and O–H groups in total. The average Bonchev–Trinajstić information content (AvgIpc) is 2.75. The molecule has 1 amide bonds. The molecule has 0 atom stereocenters. The predicted molar refractivity (Wildman–Crippen MR) is 66.0 cm³/mol. The first kappa shape index (κ1) is 11.2. The Morgan fingerprint density at radius 1 is 1.33 bits per heavy atom. The highest BCUT2D eigenvalue weighted by Gasteiger charge is 2.46. The quantitative estimate of drug-likeness (QED) is 0.857. The second kappa shape index (κ2) is 4.11. The van der Waals surface area contributed by atoms with Gasteiger partial charge in [0.05, 0.1) is 19.3 Å². The molecule has 4 heteroatoms. The maximum Gasteiger partial charge on any atom is 0.249 e. The molecule has 2 aliphatic rings. The molecule has 1 aromatic rings. The molecule has 0 aromatic heterocycles. The van der Waals surface area contributed by atoms with Crippen LogP contribution in [0.2, 0.25) is 0 Å². The van der Waals surface area contributed by atoms with Gasteiger partial charge in [0, 0.05) is 5.69 Å². The fraction of sp³-hybridized carbons (Fsp3) is 0.429. The Bertz CT molecular complexity index is 541. The molecular formula is C14H14N2O2. The van der Waals surface area contributed by atoms with Crippen LogP contribution in [-0.2, 0) is 22.4 Å². The summed E-state index contributed by atoms with van der Waals surface area (Å²) in [5, 5.41) is 11.9. The number of rotatable bonds is 2. The lowest BCUT2D eigenvalue weighted by Crippen LogP contribution is -2.50. The number of carbonyl (C=O) groups is 1. The van der Waals surface area contributed by atoms with Gasteiger partial charge in [-0.05, 0) is 42.5 Å². The molecule has 92 valence electrons. The van der Waals surface area contributed by atoms with Crippen LogP contribution in [-0.4, -0.2) is 19.1 Å². The molecule has 1 aliphatic carbocycles. The number of aryl methyl sites for hydroxylation is 2. The number of nitrogens with one attached hydrogen (secondary N) is 1. The number of benzene rings is 1. The van der Waals surface area contributed by atoms with E-state index in [-0.39, 0.29) is 19.1 Å². The number of amides is 1. The van der Waals surface area contributed by atoms with E-state index in [2.05, 4.69) is 17.5 Å². The first-order valence-corrected chi connectivity index (χ1v) is 6.16. The van der Waals surface area contributed by atoms with Crippen molar-refractivity contribution in [2.24, 2.45) is 5.41 Å². The topological polar surface area (TPSA) is 62.1 Å². The van der Waals surface area contributed by atoms with E-state index >= 15 is 0 Å². The van der Waals surface area contributed by atoms with Crippen molar-refractivity contribution >= 4 is 11.6 Å². The van der Waals surface area contributed by atoms with Crippen LogP contribution in [0.3, 0.4) is 0 Å². The van der Waals surface area contributed by atoms with Crippen molar-refractivity contribution in [1.82, 2.24) is 0 Å². The smallest absolute Gasteiger partial charge is 0.249 e. The summed E-state index contributed by atoms with van der Waals surface area (Å²) in [4.78, 5) is 12.0. The van der Waals surface area contributed by atoms with Gasteiger partial charge in [-0.2, -0.15) is 5.26 Å². The van der Waals surface area contributed by atoms with E-state index in [9.17, 15) is 4.79 Å². The molecule has 1 saturated heterocycles. The lowest BCUT2D eigenvalue weighted by Gasteiger charge is -2.33. The van der Waals surface area contributed by atoms with Crippen molar-refractivity contribution in [3.8, 4) is 6.07 Å². The number of nitriles is 1. The molecule has 1 fully saturated rings. The van der Waals surface area contributed by atoms with Crippen molar-refractivity contribution in [3.05, 3.63) is 29.3 Å². The zero-order valence-corrected chi connectivity index (χ0v) is 10.0. The van der Waals surface area contributed by atoms with Crippen LogP contribution in [0.25, 0.3) is 0 Å². The van der Waals surface area contributed by atoms with Gasteiger partial charge in [-0.1, -0.05) is 6.07 Å². The van der Waals surface area contributed by atoms with Gasteiger partial charge in [-0.25, -0.2) is 0 Å². The minimum absolute atomic E-state index is 0.195. The van der Waals surface area contributed by atoms with E-state index in [4.69, 9.17) is 10.00 Å². The van der Waals surface area contributed by atoms with Crippen molar-refractivity contribution < 1.29 is 9.53 Å². The minimum Gasteiger partial charge on any atom is -0.377 e. The summed E-state index contributed by atoms with van der Waals surface area (Å²) in [6.45, 7) is 0.389. The SMILES string of the molecule is N#CC1(C(=O)Nc2ccc3c(c2)CCC3)COC1.